The van der Waals surface area contributed by atoms with Crippen LogP contribution in [-0.2, 0) is 9.47 Å². The number of pyridine rings is 1. The Kier molecular flexibility index (Phi) is 5.89. The first kappa shape index (κ1) is 21.6. The second-order valence-corrected chi connectivity index (χ2v) is 8.39. The molecule has 0 aromatic carbocycles. The van der Waals surface area contributed by atoms with E-state index in [1.54, 1.807) is 0 Å². The van der Waals surface area contributed by atoms with Crippen molar-refractivity contribution >= 4 is 17.7 Å². The Bertz CT molecular complexity index is 944. The van der Waals surface area contributed by atoms with Crippen LogP contribution in [-0.4, -0.2) is 71.0 Å². The van der Waals surface area contributed by atoms with E-state index in [1.807, 2.05) is 25.7 Å². The van der Waals surface area contributed by atoms with E-state index in [2.05, 4.69) is 19.9 Å². The highest BCUT2D eigenvalue weighted by Crippen LogP contribution is 2.31. The second-order valence-electron chi connectivity index (χ2n) is 8.39. The fourth-order valence-electron chi connectivity index (χ4n) is 3.77. The van der Waals surface area contributed by atoms with E-state index in [-0.39, 0.29) is 28.8 Å². The van der Waals surface area contributed by atoms with Crippen LogP contribution in [0.2, 0.25) is 0 Å². The van der Waals surface area contributed by atoms with Crippen molar-refractivity contribution < 1.29 is 18.3 Å². The molecule has 11 heteroatoms. The highest BCUT2D eigenvalue weighted by atomic mass is 19.3. The van der Waals surface area contributed by atoms with Crippen LogP contribution >= 0.6 is 0 Å². The van der Waals surface area contributed by atoms with Crippen LogP contribution in [0.4, 0.5) is 26.5 Å². The van der Waals surface area contributed by atoms with Gasteiger partial charge in [0.2, 0.25) is 11.9 Å². The Hall–Kier alpha value is -2.66. The molecule has 2 aliphatic heterocycles. The molecule has 31 heavy (non-hydrogen) atoms. The molecule has 0 unspecified atom stereocenters. The zero-order valence-electron chi connectivity index (χ0n) is 17.9. The lowest BCUT2D eigenvalue weighted by Gasteiger charge is -2.42. The fourth-order valence-corrected chi connectivity index (χ4v) is 3.77. The summed E-state index contributed by atoms with van der Waals surface area (Å²) >= 11 is 0. The summed E-state index contributed by atoms with van der Waals surface area (Å²) in [6.45, 7) is 9.54. The molecule has 0 saturated carbocycles. The molecular formula is C20H27F2N7O2. The van der Waals surface area contributed by atoms with Gasteiger partial charge in [-0.15, -0.1) is 0 Å². The van der Waals surface area contributed by atoms with Crippen molar-refractivity contribution in [3.05, 3.63) is 17.8 Å². The van der Waals surface area contributed by atoms with E-state index in [0.29, 0.717) is 57.0 Å². The number of aromatic nitrogens is 4. The van der Waals surface area contributed by atoms with Crippen molar-refractivity contribution in [2.24, 2.45) is 0 Å². The number of ether oxygens (including phenoxy) is 2. The zero-order valence-corrected chi connectivity index (χ0v) is 17.9. The molecule has 2 aromatic heterocycles. The lowest BCUT2D eigenvalue weighted by Crippen LogP contribution is -2.54. The lowest BCUT2D eigenvalue weighted by atomic mass is 10.0. The van der Waals surface area contributed by atoms with Crippen LogP contribution < -0.4 is 15.5 Å². The molecular weight excluding hydrogens is 408 g/mol. The molecule has 0 aliphatic carbocycles. The van der Waals surface area contributed by atoms with Crippen molar-refractivity contribution in [3.8, 4) is 11.4 Å². The number of halogens is 2. The molecule has 168 valence electrons. The maximum Gasteiger partial charge on any atom is 0.267 e. The summed E-state index contributed by atoms with van der Waals surface area (Å²) in [6.07, 6.45) is -1.33. The molecule has 9 nitrogen and oxygen atoms in total. The van der Waals surface area contributed by atoms with Gasteiger partial charge >= 0.3 is 0 Å². The number of alkyl halides is 2. The molecule has 2 saturated heterocycles. The SMILES string of the molecule is C[C@@H]1COCCN1c1nc(-c2cnc(N)c(C(F)F)c2)nc(N2CCOCC2(C)C)n1. The normalized spacial score (nSPS) is 21.5. The summed E-state index contributed by atoms with van der Waals surface area (Å²) in [5.41, 5.74) is 5.31. The standard InChI is InChI=1S/C20H27F2N7O2/c1-12-10-30-6-4-28(12)18-25-17(13-8-14(15(21)22)16(23)24-9-13)26-19(27-18)29-5-7-31-11-20(29,2)3/h8-9,12,15H,4-7,10-11H2,1-3H3,(H2,23,24)/t12-/m1/s1. The highest BCUT2D eigenvalue weighted by Gasteiger charge is 2.34. The van der Waals surface area contributed by atoms with Gasteiger partial charge in [0.1, 0.15) is 5.82 Å². The van der Waals surface area contributed by atoms with Gasteiger partial charge in [-0.3, -0.25) is 0 Å². The predicted octanol–water partition coefficient (Wildman–Crippen LogP) is 2.29. The molecule has 2 fully saturated rings. The first-order valence-electron chi connectivity index (χ1n) is 10.3. The van der Waals surface area contributed by atoms with Crippen LogP contribution in [0.5, 0.6) is 0 Å². The number of rotatable bonds is 4. The monoisotopic (exact) mass is 435 g/mol. The van der Waals surface area contributed by atoms with Crippen molar-refractivity contribution in [3.63, 3.8) is 0 Å². The van der Waals surface area contributed by atoms with E-state index < -0.39 is 6.43 Å². The summed E-state index contributed by atoms with van der Waals surface area (Å²) in [5.74, 6) is 1.02. The topological polar surface area (TPSA) is 103 Å². The van der Waals surface area contributed by atoms with Gasteiger partial charge in [0, 0.05) is 24.8 Å². The highest BCUT2D eigenvalue weighted by molar-refractivity contribution is 5.62. The molecule has 2 aromatic rings. The lowest BCUT2D eigenvalue weighted by molar-refractivity contribution is 0.0633. The number of nitrogens with zero attached hydrogens (tertiary/aromatic N) is 6. The summed E-state index contributed by atoms with van der Waals surface area (Å²) in [5, 5.41) is 0. The Balaban J connectivity index is 1.83. The quantitative estimate of drug-likeness (QED) is 0.775. The van der Waals surface area contributed by atoms with Crippen molar-refractivity contribution in [1.29, 1.82) is 0 Å². The predicted molar refractivity (Wildman–Crippen MR) is 112 cm³/mol. The molecule has 2 N–H and O–H groups in total. The summed E-state index contributed by atoms with van der Waals surface area (Å²) in [4.78, 5) is 22.1. The maximum absolute atomic E-state index is 13.4. The number of nitrogens with two attached hydrogens (primary N) is 1. The van der Waals surface area contributed by atoms with Crippen LogP contribution in [0.15, 0.2) is 12.3 Å². The Morgan fingerprint density at radius 2 is 1.87 bits per heavy atom. The molecule has 4 heterocycles. The smallest absolute Gasteiger partial charge is 0.267 e. The molecule has 0 spiro atoms. The van der Waals surface area contributed by atoms with Crippen LogP contribution in [0.3, 0.4) is 0 Å². The third-order valence-corrected chi connectivity index (χ3v) is 5.57. The first-order chi connectivity index (χ1) is 14.8. The fraction of sp³-hybridized carbons (Fsp3) is 0.600. The van der Waals surface area contributed by atoms with Crippen molar-refractivity contribution in [2.45, 2.75) is 38.8 Å². The van der Waals surface area contributed by atoms with Gasteiger partial charge in [-0.25, -0.2) is 13.8 Å². The zero-order chi connectivity index (χ0) is 22.2. The van der Waals surface area contributed by atoms with Gasteiger partial charge in [-0.1, -0.05) is 0 Å². The van der Waals surface area contributed by atoms with E-state index >= 15 is 0 Å². The Labute approximate surface area is 179 Å². The second kappa shape index (κ2) is 8.46. The van der Waals surface area contributed by atoms with Gasteiger partial charge in [0.25, 0.3) is 6.43 Å². The number of morpholine rings is 2. The van der Waals surface area contributed by atoms with Gasteiger partial charge in [-0.2, -0.15) is 15.0 Å². The van der Waals surface area contributed by atoms with Crippen LogP contribution in [0.25, 0.3) is 11.4 Å². The minimum atomic E-state index is -2.74. The Morgan fingerprint density at radius 1 is 1.13 bits per heavy atom. The van der Waals surface area contributed by atoms with Crippen molar-refractivity contribution in [2.75, 3.05) is 55.1 Å². The van der Waals surface area contributed by atoms with Crippen LogP contribution in [0.1, 0.15) is 32.8 Å². The summed E-state index contributed by atoms with van der Waals surface area (Å²) in [6, 6.07) is 1.36. The average Bonchev–Trinajstić information content (AvgIpc) is 2.73. The van der Waals surface area contributed by atoms with E-state index in [1.165, 1.54) is 12.3 Å². The summed E-state index contributed by atoms with van der Waals surface area (Å²) < 4.78 is 38.0. The molecule has 2 aliphatic rings. The minimum Gasteiger partial charge on any atom is -0.383 e. The largest absolute Gasteiger partial charge is 0.383 e. The number of nitrogen functional groups attached to an aromatic ring is 1. The average molecular weight is 435 g/mol. The van der Waals surface area contributed by atoms with Gasteiger partial charge in [0.15, 0.2) is 5.82 Å². The number of hydrogen-bond acceptors (Lipinski definition) is 9. The first-order valence-corrected chi connectivity index (χ1v) is 10.3. The van der Waals surface area contributed by atoms with E-state index in [9.17, 15) is 8.78 Å². The third kappa shape index (κ3) is 4.38. The number of anilines is 3. The Morgan fingerprint density at radius 3 is 2.58 bits per heavy atom. The summed E-state index contributed by atoms with van der Waals surface area (Å²) in [7, 11) is 0. The molecule has 1 atom stereocenters. The molecule has 0 amide bonds. The molecule has 4 rings (SSSR count). The number of hydrogen-bond donors (Lipinski definition) is 1. The van der Waals surface area contributed by atoms with Crippen molar-refractivity contribution in [1.82, 2.24) is 19.9 Å². The maximum atomic E-state index is 13.4. The van der Waals surface area contributed by atoms with E-state index in [4.69, 9.17) is 20.2 Å². The van der Waals surface area contributed by atoms with Gasteiger partial charge in [0.05, 0.1) is 43.6 Å². The van der Waals surface area contributed by atoms with E-state index in [0.717, 1.165) is 0 Å². The minimum absolute atomic E-state index is 0.0655. The van der Waals surface area contributed by atoms with Gasteiger partial charge < -0.3 is 25.0 Å². The molecule has 0 bridgehead atoms. The van der Waals surface area contributed by atoms with Gasteiger partial charge in [-0.05, 0) is 26.8 Å². The van der Waals surface area contributed by atoms with Crippen LogP contribution in [0, 0.1) is 0 Å². The molecule has 0 radical (unpaired) electrons. The third-order valence-electron chi connectivity index (χ3n) is 5.57.